The van der Waals surface area contributed by atoms with Crippen LogP contribution in [0.4, 0.5) is 0 Å². The lowest BCUT2D eigenvalue weighted by Crippen LogP contribution is -2.51. The normalized spacial score (nSPS) is 19.0. The second kappa shape index (κ2) is 6.23. The molecule has 1 fully saturated rings. The molecule has 1 heterocycles. The van der Waals surface area contributed by atoms with E-state index in [1.54, 1.807) is 13.0 Å². The number of nitrogens with one attached hydrogen (secondary N) is 1. The number of fused-ring (bicyclic) bond motifs is 1. The van der Waals surface area contributed by atoms with Crippen LogP contribution in [0.3, 0.4) is 0 Å². The number of rotatable bonds is 4. The minimum Gasteiger partial charge on any atom is -0.454 e. The van der Waals surface area contributed by atoms with E-state index in [9.17, 15) is 8.42 Å². The van der Waals surface area contributed by atoms with Gasteiger partial charge in [0.05, 0.1) is 4.90 Å². The highest BCUT2D eigenvalue weighted by atomic mass is 35.5. The Labute approximate surface area is 136 Å². The molecule has 0 atom stereocenters. The minimum atomic E-state index is -3.63. The van der Waals surface area contributed by atoms with Crippen molar-refractivity contribution in [3.63, 3.8) is 0 Å². The van der Waals surface area contributed by atoms with Crippen molar-refractivity contribution >= 4 is 22.4 Å². The zero-order valence-electron chi connectivity index (χ0n) is 12.4. The Morgan fingerprint density at radius 3 is 2.41 bits per heavy atom. The van der Waals surface area contributed by atoms with Gasteiger partial charge in [0.25, 0.3) is 0 Å². The van der Waals surface area contributed by atoms with Crippen LogP contribution in [0.1, 0.15) is 31.2 Å². The highest BCUT2D eigenvalue weighted by Gasteiger charge is 2.37. The lowest BCUT2D eigenvalue weighted by Gasteiger charge is -2.28. The SMILES string of the molecule is Cc1cc2c(cc1S(=O)(=O)NC1(CN)CCCC1)OCO2.Cl. The molecule has 0 aromatic heterocycles. The molecule has 22 heavy (non-hydrogen) atoms. The molecule has 1 aliphatic carbocycles. The van der Waals surface area contributed by atoms with Crippen LogP contribution in [0, 0.1) is 6.92 Å². The molecule has 3 rings (SSSR count). The van der Waals surface area contributed by atoms with Gasteiger partial charge in [-0.1, -0.05) is 12.8 Å². The van der Waals surface area contributed by atoms with Gasteiger partial charge in [0.1, 0.15) is 0 Å². The van der Waals surface area contributed by atoms with Crippen LogP contribution in [-0.2, 0) is 10.0 Å². The average Bonchev–Trinajstić information content (AvgIpc) is 3.06. The topological polar surface area (TPSA) is 90.7 Å². The van der Waals surface area contributed by atoms with Gasteiger partial charge in [0.2, 0.25) is 16.8 Å². The number of ether oxygens (including phenoxy) is 2. The fourth-order valence-electron chi connectivity index (χ4n) is 3.05. The maximum absolute atomic E-state index is 12.7. The lowest BCUT2D eigenvalue weighted by molar-refractivity contribution is 0.174. The third kappa shape index (κ3) is 3.03. The molecule has 1 aliphatic heterocycles. The smallest absolute Gasteiger partial charge is 0.241 e. The Bertz CT molecular complexity index is 657. The van der Waals surface area contributed by atoms with Crippen LogP contribution in [0.15, 0.2) is 17.0 Å². The van der Waals surface area contributed by atoms with Crippen molar-refractivity contribution in [2.45, 2.75) is 43.0 Å². The van der Waals surface area contributed by atoms with Crippen molar-refractivity contribution in [3.8, 4) is 11.5 Å². The van der Waals surface area contributed by atoms with Gasteiger partial charge in [-0.15, -0.1) is 12.4 Å². The quantitative estimate of drug-likeness (QED) is 0.864. The summed E-state index contributed by atoms with van der Waals surface area (Å²) >= 11 is 0. The van der Waals surface area contributed by atoms with Crippen LogP contribution in [0.25, 0.3) is 0 Å². The lowest BCUT2D eigenvalue weighted by atomic mass is 10.0. The molecule has 124 valence electrons. The predicted molar refractivity (Wildman–Crippen MR) is 85.1 cm³/mol. The van der Waals surface area contributed by atoms with Gasteiger partial charge in [0.15, 0.2) is 11.5 Å². The van der Waals surface area contributed by atoms with Crippen LogP contribution in [0.2, 0.25) is 0 Å². The molecule has 0 unspecified atom stereocenters. The first-order valence-electron chi connectivity index (χ1n) is 7.10. The van der Waals surface area contributed by atoms with Crippen molar-refractivity contribution in [1.82, 2.24) is 4.72 Å². The number of benzene rings is 1. The standard InChI is InChI=1S/C14H20N2O4S.ClH/c1-10-6-11-12(20-9-19-11)7-13(10)21(17,18)16-14(8-15)4-2-3-5-14;/h6-7,16H,2-5,8-9,15H2,1H3;1H. The van der Waals surface area contributed by atoms with E-state index in [0.29, 0.717) is 23.6 Å². The fraction of sp³-hybridized carbons (Fsp3) is 0.571. The first kappa shape index (κ1) is 17.3. The van der Waals surface area contributed by atoms with Crippen LogP contribution in [-0.4, -0.2) is 27.3 Å². The molecule has 0 saturated heterocycles. The Kier molecular flexibility index (Phi) is 4.91. The molecule has 0 bridgehead atoms. The van der Waals surface area contributed by atoms with Gasteiger partial charge < -0.3 is 15.2 Å². The molecule has 6 nitrogen and oxygen atoms in total. The van der Waals surface area contributed by atoms with Gasteiger partial charge in [-0.25, -0.2) is 13.1 Å². The summed E-state index contributed by atoms with van der Waals surface area (Å²) in [7, 11) is -3.63. The molecular weight excluding hydrogens is 328 g/mol. The van der Waals surface area contributed by atoms with E-state index in [1.807, 2.05) is 0 Å². The second-order valence-electron chi connectivity index (χ2n) is 5.77. The Morgan fingerprint density at radius 1 is 1.23 bits per heavy atom. The van der Waals surface area contributed by atoms with E-state index in [2.05, 4.69) is 4.72 Å². The molecule has 8 heteroatoms. The summed E-state index contributed by atoms with van der Waals surface area (Å²) in [5.41, 5.74) is 5.93. The van der Waals surface area contributed by atoms with E-state index >= 15 is 0 Å². The van der Waals surface area contributed by atoms with E-state index < -0.39 is 15.6 Å². The Balaban J connectivity index is 0.00000176. The maximum Gasteiger partial charge on any atom is 0.241 e. The molecule has 1 saturated carbocycles. The average molecular weight is 349 g/mol. The van der Waals surface area contributed by atoms with Crippen molar-refractivity contribution in [3.05, 3.63) is 17.7 Å². The Morgan fingerprint density at radius 2 is 1.82 bits per heavy atom. The Hall–Kier alpha value is -1.02. The summed E-state index contributed by atoms with van der Waals surface area (Å²) in [5, 5.41) is 0. The van der Waals surface area contributed by atoms with Crippen LogP contribution in [0.5, 0.6) is 11.5 Å². The number of hydrogen-bond donors (Lipinski definition) is 2. The summed E-state index contributed by atoms with van der Waals surface area (Å²) in [4.78, 5) is 0.228. The summed E-state index contributed by atoms with van der Waals surface area (Å²) in [6.07, 6.45) is 3.57. The first-order chi connectivity index (χ1) is 9.96. The summed E-state index contributed by atoms with van der Waals surface area (Å²) in [6.45, 7) is 2.19. The van der Waals surface area contributed by atoms with Gasteiger partial charge in [0, 0.05) is 18.2 Å². The number of hydrogen-bond acceptors (Lipinski definition) is 5. The van der Waals surface area contributed by atoms with Crippen LogP contribution >= 0.6 is 12.4 Å². The van der Waals surface area contributed by atoms with Gasteiger partial charge in [-0.2, -0.15) is 0 Å². The van der Waals surface area contributed by atoms with E-state index in [1.165, 1.54) is 6.07 Å². The molecule has 1 aromatic carbocycles. The zero-order chi connectivity index (χ0) is 15.1. The zero-order valence-corrected chi connectivity index (χ0v) is 14.1. The molecule has 3 N–H and O–H groups in total. The third-order valence-corrected chi connectivity index (χ3v) is 5.98. The monoisotopic (exact) mass is 348 g/mol. The van der Waals surface area contributed by atoms with E-state index in [4.69, 9.17) is 15.2 Å². The number of halogens is 1. The highest BCUT2D eigenvalue weighted by molar-refractivity contribution is 7.89. The van der Waals surface area contributed by atoms with Gasteiger partial charge in [-0.3, -0.25) is 0 Å². The predicted octanol–water partition coefficient (Wildman–Crippen LogP) is 1.70. The third-order valence-electron chi connectivity index (χ3n) is 4.26. The largest absolute Gasteiger partial charge is 0.454 e. The summed E-state index contributed by atoms with van der Waals surface area (Å²) in [5.74, 6) is 1.05. The molecule has 2 aliphatic rings. The summed E-state index contributed by atoms with van der Waals surface area (Å²) in [6, 6.07) is 3.22. The van der Waals surface area contributed by atoms with Gasteiger partial charge in [-0.05, 0) is 31.4 Å². The number of nitrogens with two attached hydrogens (primary N) is 1. The second-order valence-corrected chi connectivity index (χ2v) is 7.42. The number of sulfonamides is 1. The fourth-order valence-corrected chi connectivity index (χ4v) is 4.77. The van der Waals surface area contributed by atoms with Crippen LogP contribution < -0.4 is 19.9 Å². The van der Waals surface area contributed by atoms with Crippen molar-refractivity contribution in [1.29, 1.82) is 0 Å². The highest BCUT2D eigenvalue weighted by Crippen LogP contribution is 2.37. The summed E-state index contributed by atoms with van der Waals surface area (Å²) < 4.78 is 38.8. The molecular formula is C14H21ClN2O4S. The number of aryl methyl sites for hydroxylation is 1. The molecule has 0 radical (unpaired) electrons. The van der Waals surface area contributed by atoms with E-state index in [0.717, 1.165) is 25.7 Å². The first-order valence-corrected chi connectivity index (χ1v) is 8.58. The maximum atomic E-state index is 12.7. The molecule has 0 spiro atoms. The van der Waals surface area contributed by atoms with Gasteiger partial charge >= 0.3 is 0 Å². The molecule has 0 amide bonds. The van der Waals surface area contributed by atoms with Crippen molar-refractivity contribution in [2.24, 2.45) is 5.73 Å². The minimum absolute atomic E-state index is 0. The van der Waals surface area contributed by atoms with E-state index in [-0.39, 0.29) is 24.1 Å². The van der Waals surface area contributed by atoms with Crippen molar-refractivity contribution < 1.29 is 17.9 Å². The molecule has 1 aromatic rings. The van der Waals surface area contributed by atoms with Crippen molar-refractivity contribution in [2.75, 3.05) is 13.3 Å².